The monoisotopic (exact) mass is 928 g/mol. The summed E-state index contributed by atoms with van der Waals surface area (Å²) in [4.78, 5) is 12.9. The molecule has 6 rings (SSSR count). The van der Waals surface area contributed by atoms with Gasteiger partial charge in [0.1, 0.15) is 12.1 Å². The zero-order chi connectivity index (χ0) is 48.1. The number of likely N-dealkylation sites (N-methyl/N-ethyl adjacent to an activating group) is 2. The molecule has 4 aromatic rings. The van der Waals surface area contributed by atoms with Gasteiger partial charge in [-0.25, -0.2) is 0 Å². The van der Waals surface area contributed by atoms with Crippen molar-refractivity contribution in [3.8, 4) is 46.0 Å². The molecule has 0 radical (unpaired) electrons. The van der Waals surface area contributed by atoms with Crippen LogP contribution in [0.25, 0.3) is 0 Å². The molecular formula is C53H73N3O11+2. The molecule has 67 heavy (non-hydrogen) atoms. The zero-order valence-electron chi connectivity index (χ0n) is 41.4. The minimum atomic E-state index is -0.254. The molecule has 4 atom stereocenters. The predicted octanol–water partition coefficient (Wildman–Crippen LogP) is 8.52. The normalized spacial score (nSPS) is 19.6. The highest BCUT2D eigenvalue weighted by Gasteiger charge is 2.41. The molecule has 0 saturated carbocycles. The highest BCUT2D eigenvalue weighted by molar-refractivity contribution is 5.74. The first-order valence-electron chi connectivity index (χ1n) is 23.3. The number of ether oxygens (including phenoxy) is 10. The zero-order valence-corrected chi connectivity index (χ0v) is 41.4. The summed E-state index contributed by atoms with van der Waals surface area (Å²) in [5.74, 6) is 5.61. The molecule has 0 aliphatic carbocycles. The molecule has 0 aromatic heterocycles. The fourth-order valence-electron chi connectivity index (χ4n) is 10.1. The van der Waals surface area contributed by atoms with Crippen LogP contribution in [-0.2, 0) is 40.0 Å². The van der Waals surface area contributed by atoms with Gasteiger partial charge < -0.3 is 56.3 Å². The molecule has 4 unspecified atom stereocenters. The molecule has 2 aliphatic rings. The minimum Gasteiger partial charge on any atom is -0.493 e. The number of esters is 1. The number of rotatable bonds is 24. The second kappa shape index (κ2) is 23.2. The number of benzene rings is 4. The third-order valence-electron chi connectivity index (χ3n) is 14.0. The van der Waals surface area contributed by atoms with Crippen LogP contribution in [0.4, 0.5) is 0 Å². The predicted molar refractivity (Wildman–Crippen MR) is 258 cm³/mol. The Kier molecular flexibility index (Phi) is 17.5. The molecule has 0 amide bonds. The van der Waals surface area contributed by atoms with Gasteiger partial charge in [0.2, 0.25) is 0 Å². The number of quaternary nitrogens is 2. The van der Waals surface area contributed by atoms with Gasteiger partial charge in [0.15, 0.2) is 51.9 Å². The lowest BCUT2D eigenvalue weighted by Gasteiger charge is -2.46. The van der Waals surface area contributed by atoms with Gasteiger partial charge >= 0.3 is 5.97 Å². The van der Waals surface area contributed by atoms with Crippen LogP contribution in [0, 0.1) is 5.41 Å². The molecule has 2 aliphatic heterocycles. The summed E-state index contributed by atoms with van der Waals surface area (Å²) in [6, 6.07) is 21.0. The molecule has 0 bridgehead atoms. The number of methoxy groups -OCH3 is 8. The first-order chi connectivity index (χ1) is 32.4. The lowest BCUT2D eigenvalue weighted by Crippen LogP contribution is -2.52. The van der Waals surface area contributed by atoms with Gasteiger partial charge in [-0.15, -0.1) is 0 Å². The Morgan fingerprint density at radius 1 is 0.507 bits per heavy atom. The van der Waals surface area contributed by atoms with Crippen LogP contribution in [0.3, 0.4) is 0 Å². The molecule has 2 heterocycles. The third-order valence-corrected chi connectivity index (χ3v) is 14.0. The van der Waals surface area contributed by atoms with E-state index in [2.05, 4.69) is 62.6 Å². The van der Waals surface area contributed by atoms with Crippen molar-refractivity contribution in [2.75, 3.05) is 110 Å². The summed E-state index contributed by atoms with van der Waals surface area (Å²) in [6.45, 7) is 4.30. The average Bonchev–Trinajstić information content (AvgIpc) is 3.35. The van der Waals surface area contributed by atoms with Gasteiger partial charge in [0.25, 0.3) is 0 Å². The Balaban J connectivity index is 0.989. The van der Waals surface area contributed by atoms with Gasteiger partial charge in [-0.1, -0.05) is 12.1 Å². The molecule has 14 nitrogen and oxygen atoms in total. The van der Waals surface area contributed by atoms with Crippen LogP contribution in [0.15, 0.2) is 60.7 Å². The fraction of sp³-hybridized carbons (Fsp3) is 0.509. The second-order valence-corrected chi connectivity index (χ2v) is 18.0. The van der Waals surface area contributed by atoms with Crippen molar-refractivity contribution in [2.24, 2.45) is 0 Å². The van der Waals surface area contributed by atoms with E-state index in [1.807, 2.05) is 12.1 Å². The number of hydrogen-bond acceptors (Lipinski definition) is 12. The molecule has 0 fully saturated rings. The van der Waals surface area contributed by atoms with Crippen molar-refractivity contribution in [1.29, 1.82) is 5.41 Å². The van der Waals surface area contributed by atoms with Crippen molar-refractivity contribution in [3.63, 3.8) is 0 Å². The van der Waals surface area contributed by atoms with Gasteiger partial charge in [-0.3, -0.25) is 10.2 Å². The molecule has 14 heteroatoms. The minimum absolute atomic E-state index is 0.115. The molecule has 0 saturated heterocycles. The number of hydrogen-bond donors (Lipinski definition) is 1. The largest absolute Gasteiger partial charge is 0.493 e. The summed E-state index contributed by atoms with van der Waals surface area (Å²) < 4.78 is 58.4. The standard InChI is InChI=1S/C53H73N3O11/c1-55(24-20-38-32-48(62-7)50(64-9)34-40(38)42(55)28-36-16-18-44(58-3)46(30-36)60-5)22-12-26-66-52(54)14-11-15-53(57)67-27-13-23-56(2)25-21-39-33-49(63-8)51(65-10)35-41(39)43(56)29-37-17-19-45(59-4)47(31-37)61-6/h16-19,30-35,42-43,54H,11-15,20-29H2,1-10H3/q+2. The first kappa shape index (κ1) is 50.6. The summed E-state index contributed by atoms with van der Waals surface area (Å²) in [6.07, 6.45) is 5.93. The van der Waals surface area contributed by atoms with Crippen molar-refractivity contribution in [3.05, 3.63) is 94.0 Å². The Hall–Kier alpha value is -5.86. The lowest BCUT2D eigenvalue weighted by atomic mass is 9.86. The van der Waals surface area contributed by atoms with E-state index < -0.39 is 0 Å². The topological polar surface area (TPSA) is 133 Å². The maximum Gasteiger partial charge on any atom is 0.305 e. The lowest BCUT2D eigenvalue weighted by molar-refractivity contribution is -0.941. The van der Waals surface area contributed by atoms with E-state index in [4.69, 9.17) is 52.8 Å². The van der Waals surface area contributed by atoms with Crippen LogP contribution in [0.5, 0.6) is 46.0 Å². The van der Waals surface area contributed by atoms with E-state index in [9.17, 15) is 4.79 Å². The van der Waals surface area contributed by atoms with Crippen molar-refractivity contribution in [1.82, 2.24) is 0 Å². The van der Waals surface area contributed by atoms with E-state index in [1.54, 1.807) is 56.9 Å². The number of carbonyl (C=O) groups excluding carboxylic acids is 1. The van der Waals surface area contributed by atoms with E-state index >= 15 is 0 Å². The first-order valence-corrected chi connectivity index (χ1v) is 23.3. The van der Waals surface area contributed by atoms with Gasteiger partial charge in [-0.05, 0) is 77.2 Å². The molecule has 364 valence electrons. The Morgan fingerprint density at radius 2 is 0.896 bits per heavy atom. The number of nitrogens with one attached hydrogen (secondary N) is 1. The van der Waals surface area contributed by atoms with E-state index in [0.29, 0.717) is 67.0 Å². The van der Waals surface area contributed by atoms with Gasteiger partial charge in [0.05, 0.1) is 110 Å². The molecule has 1 N–H and O–H groups in total. The fourth-order valence-corrected chi connectivity index (χ4v) is 10.1. The van der Waals surface area contributed by atoms with Crippen LogP contribution in [0.2, 0.25) is 0 Å². The average molecular weight is 928 g/mol. The molecule has 0 spiro atoms. The maximum absolute atomic E-state index is 12.9. The highest BCUT2D eigenvalue weighted by Crippen LogP contribution is 2.45. The summed E-state index contributed by atoms with van der Waals surface area (Å²) in [5, 5.41) is 8.53. The van der Waals surface area contributed by atoms with E-state index in [0.717, 1.165) is 89.9 Å². The van der Waals surface area contributed by atoms with Crippen LogP contribution in [-0.4, -0.2) is 131 Å². The van der Waals surface area contributed by atoms with Crippen LogP contribution < -0.4 is 37.9 Å². The molecular weight excluding hydrogens is 855 g/mol. The Bertz CT molecular complexity index is 2160. The van der Waals surface area contributed by atoms with Crippen molar-refractivity contribution in [2.45, 2.75) is 69.9 Å². The van der Waals surface area contributed by atoms with Crippen LogP contribution >= 0.6 is 0 Å². The Labute approximate surface area is 397 Å². The summed E-state index contributed by atoms with van der Waals surface area (Å²) >= 11 is 0. The van der Waals surface area contributed by atoms with E-state index in [-0.39, 0.29) is 30.4 Å². The quantitative estimate of drug-likeness (QED) is 0.0239. The number of carbonyl (C=O) groups is 1. The summed E-state index contributed by atoms with van der Waals surface area (Å²) in [7, 11) is 17.9. The smallest absolute Gasteiger partial charge is 0.305 e. The third kappa shape index (κ3) is 12.0. The SMILES string of the molecule is COc1ccc(CC2c3cc(OC)c(OC)cc3CC[N+]2(C)CCCOC(=N)CCCC(=O)OCCC[N+]2(C)CCc3cc(OC)c(OC)cc3C2Cc2ccc(OC)c(OC)c2)cc1OC. The molecule has 4 aromatic carbocycles. The van der Waals surface area contributed by atoms with E-state index in [1.165, 1.54) is 22.3 Å². The van der Waals surface area contributed by atoms with Crippen molar-refractivity contribution >= 4 is 11.9 Å². The summed E-state index contributed by atoms with van der Waals surface area (Å²) in [5.41, 5.74) is 7.27. The number of fused-ring (bicyclic) bond motifs is 2. The van der Waals surface area contributed by atoms with Crippen LogP contribution in [0.1, 0.15) is 77.6 Å². The van der Waals surface area contributed by atoms with Crippen molar-refractivity contribution < 1.29 is 61.1 Å². The Morgan fingerprint density at radius 3 is 1.31 bits per heavy atom. The second-order valence-electron chi connectivity index (χ2n) is 18.0. The number of nitrogens with zero attached hydrogens (tertiary/aromatic N) is 2. The van der Waals surface area contributed by atoms with Gasteiger partial charge in [-0.2, -0.15) is 0 Å². The highest BCUT2D eigenvalue weighted by atomic mass is 16.5. The maximum atomic E-state index is 12.9. The van der Waals surface area contributed by atoms with Gasteiger partial charge in [0, 0.05) is 62.5 Å².